The average molecular weight is 204 g/mol. The Morgan fingerprint density at radius 3 is 1.71 bits per heavy atom. The Kier molecular flexibility index (Phi) is 6.13. The molecular formula is C2H2AgF2O2. The fourth-order valence-corrected chi connectivity index (χ4v) is 0. The molecule has 7 heavy (non-hydrogen) atoms. The SMILES string of the molecule is O=C(O)C(F)F.[Ag]. The molecule has 0 amide bonds. The van der Waals surface area contributed by atoms with Crippen molar-refractivity contribution in [2.24, 2.45) is 0 Å². The standard InChI is InChI=1S/C2H2F2O2.Ag/c3-1(4)2(5)6;/h1H,(H,5,6);. The van der Waals surface area contributed by atoms with Gasteiger partial charge in [-0.05, 0) is 0 Å². The summed E-state index contributed by atoms with van der Waals surface area (Å²) in [5.41, 5.74) is 0. The van der Waals surface area contributed by atoms with Crippen molar-refractivity contribution < 1.29 is 41.1 Å². The number of hydrogen-bond acceptors (Lipinski definition) is 1. The van der Waals surface area contributed by atoms with Gasteiger partial charge >= 0.3 is 12.4 Å². The summed E-state index contributed by atoms with van der Waals surface area (Å²) in [4.78, 5) is 8.95. The van der Waals surface area contributed by atoms with Crippen molar-refractivity contribution in [3.63, 3.8) is 0 Å². The summed E-state index contributed by atoms with van der Waals surface area (Å²) >= 11 is 0. The van der Waals surface area contributed by atoms with Crippen molar-refractivity contribution in [3.8, 4) is 0 Å². The van der Waals surface area contributed by atoms with Crippen LogP contribution < -0.4 is 0 Å². The van der Waals surface area contributed by atoms with Crippen LogP contribution in [0.25, 0.3) is 0 Å². The maximum atomic E-state index is 10.6. The van der Waals surface area contributed by atoms with Crippen LogP contribution in [0.15, 0.2) is 0 Å². The molecule has 0 aromatic rings. The third-order valence-electron chi connectivity index (χ3n) is 0.187. The zero-order valence-corrected chi connectivity index (χ0v) is 4.47. The summed E-state index contributed by atoms with van der Waals surface area (Å²) in [6.45, 7) is 0. The first-order chi connectivity index (χ1) is 2.64. The molecule has 0 bridgehead atoms. The van der Waals surface area contributed by atoms with Gasteiger partial charge in [-0.3, -0.25) is 0 Å². The van der Waals surface area contributed by atoms with Gasteiger partial charge in [0.05, 0.1) is 0 Å². The zero-order chi connectivity index (χ0) is 5.15. The Morgan fingerprint density at radius 2 is 1.71 bits per heavy atom. The minimum atomic E-state index is -3.23. The van der Waals surface area contributed by atoms with Gasteiger partial charge in [0.25, 0.3) is 0 Å². The van der Waals surface area contributed by atoms with Crippen molar-refractivity contribution in [3.05, 3.63) is 0 Å². The van der Waals surface area contributed by atoms with E-state index in [4.69, 9.17) is 9.90 Å². The van der Waals surface area contributed by atoms with Crippen LogP contribution in [0, 0.1) is 0 Å². The van der Waals surface area contributed by atoms with E-state index >= 15 is 0 Å². The predicted molar refractivity (Wildman–Crippen MR) is 13.6 cm³/mol. The van der Waals surface area contributed by atoms with E-state index in [0.717, 1.165) is 0 Å². The number of aliphatic carboxylic acids is 1. The predicted octanol–water partition coefficient (Wildman–Crippen LogP) is 0.334. The number of carboxylic acids is 1. The Hall–Kier alpha value is 0.0703. The molecule has 0 fully saturated rings. The first kappa shape index (κ1) is 10.1. The summed E-state index contributed by atoms with van der Waals surface area (Å²) in [7, 11) is 0. The van der Waals surface area contributed by atoms with Crippen LogP contribution in [0.3, 0.4) is 0 Å². The topological polar surface area (TPSA) is 37.3 Å². The molecule has 0 unspecified atom stereocenters. The molecule has 0 aromatic heterocycles. The van der Waals surface area contributed by atoms with Gasteiger partial charge in [0, 0.05) is 22.4 Å². The number of rotatable bonds is 1. The summed E-state index contributed by atoms with van der Waals surface area (Å²) in [5, 5.41) is 7.24. The van der Waals surface area contributed by atoms with Gasteiger partial charge in [-0.1, -0.05) is 0 Å². The Morgan fingerprint density at radius 1 is 1.57 bits per heavy atom. The number of halogens is 2. The molecule has 0 aliphatic rings. The van der Waals surface area contributed by atoms with Crippen LogP contribution in [0.5, 0.6) is 0 Å². The maximum Gasteiger partial charge on any atom is 0.371 e. The maximum absolute atomic E-state index is 10.6. The normalized spacial score (nSPS) is 7.86. The molecule has 2 nitrogen and oxygen atoms in total. The molecule has 0 aliphatic carbocycles. The van der Waals surface area contributed by atoms with Gasteiger partial charge in [0.1, 0.15) is 0 Å². The molecule has 0 heterocycles. The molecule has 0 aliphatic heterocycles. The van der Waals surface area contributed by atoms with Crippen LogP contribution in [-0.2, 0) is 27.2 Å². The monoisotopic (exact) mass is 203 g/mol. The van der Waals surface area contributed by atoms with Crippen molar-refractivity contribution in [1.29, 1.82) is 0 Å². The van der Waals surface area contributed by atoms with E-state index in [2.05, 4.69) is 0 Å². The Bertz CT molecular complexity index is 64.7. The van der Waals surface area contributed by atoms with E-state index < -0.39 is 12.4 Å². The van der Waals surface area contributed by atoms with Gasteiger partial charge in [-0.2, -0.15) is 8.78 Å². The van der Waals surface area contributed by atoms with E-state index in [1.807, 2.05) is 0 Å². The molecule has 0 rings (SSSR count). The van der Waals surface area contributed by atoms with Gasteiger partial charge in [0.15, 0.2) is 0 Å². The van der Waals surface area contributed by atoms with E-state index in [1.165, 1.54) is 0 Å². The van der Waals surface area contributed by atoms with E-state index in [9.17, 15) is 8.78 Å². The van der Waals surface area contributed by atoms with Crippen molar-refractivity contribution >= 4 is 5.97 Å². The second kappa shape index (κ2) is 4.23. The minimum Gasteiger partial charge on any atom is -0.477 e. The molecule has 0 spiro atoms. The van der Waals surface area contributed by atoms with E-state index in [1.54, 1.807) is 0 Å². The third-order valence-corrected chi connectivity index (χ3v) is 0.187. The fraction of sp³-hybridized carbons (Fsp3) is 0.500. The average Bonchev–Trinajstić information content (AvgIpc) is 1.36. The second-order valence-corrected chi connectivity index (χ2v) is 0.639. The van der Waals surface area contributed by atoms with Crippen molar-refractivity contribution in [2.45, 2.75) is 6.43 Å². The molecule has 0 atom stereocenters. The largest absolute Gasteiger partial charge is 0.477 e. The molecular weight excluding hydrogens is 202 g/mol. The van der Waals surface area contributed by atoms with Crippen LogP contribution in [-0.4, -0.2) is 17.5 Å². The summed E-state index contributed by atoms with van der Waals surface area (Å²) in [5.74, 6) is -2.07. The third kappa shape index (κ3) is 6.07. The van der Waals surface area contributed by atoms with E-state index in [0.29, 0.717) is 0 Å². The van der Waals surface area contributed by atoms with Crippen molar-refractivity contribution in [2.75, 3.05) is 0 Å². The van der Waals surface area contributed by atoms with Crippen LogP contribution in [0.4, 0.5) is 8.78 Å². The molecule has 1 radical (unpaired) electrons. The quantitative estimate of drug-likeness (QED) is 0.625. The zero-order valence-electron chi connectivity index (χ0n) is 2.99. The van der Waals surface area contributed by atoms with Gasteiger partial charge in [-0.15, -0.1) is 0 Å². The molecule has 0 saturated heterocycles. The molecule has 0 aromatic carbocycles. The number of carboxylic acid groups (broad SMARTS) is 1. The summed E-state index contributed by atoms with van der Waals surface area (Å²) in [6.07, 6.45) is -3.23. The molecule has 47 valence electrons. The first-order valence-electron chi connectivity index (χ1n) is 1.15. The molecule has 5 heteroatoms. The van der Waals surface area contributed by atoms with Crippen LogP contribution >= 0.6 is 0 Å². The molecule has 0 saturated carbocycles. The van der Waals surface area contributed by atoms with Gasteiger partial charge < -0.3 is 5.11 Å². The number of carbonyl (C=O) groups is 1. The van der Waals surface area contributed by atoms with E-state index in [-0.39, 0.29) is 22.4 Å². The minimum absolute atomic E-state index is 0. The number of alkyl halides is 2. The number of hydrogen-bond donors (Lipinski definition) is 1. The van der Waals surface area contributed by atoms with Crippen LogP contribution in [0.2, 0.25) is 0 Å². The summed E-state index contributed by atoms with van der Waals surface area (Å²) < 4.78 is 21.1. The second-order valence-electron chi connectivity index (χ2n) is 0.639. The Labute approximate surface area is 54.0 Å². The van der Waals surface area contributed by atoms with Crippen molar-refractivity contribution in [1.82, 2.24) is 0 Å². The fourth-order valence-electron chi connectivity index (χ4n) is 0. The van der Waals surface area contributed by atoms with Gasteiger partial charge in [0.2, 0.25) is 0 Å². The van der Waals surface area contributed by atoms with Gasteiger partial charge in [-0.25, -0.2) is 4.79 Å². The van der Waals surface area contributed by atoms with Crippen LogP contribution in [0.1, 0.15) is 0 Å². The first-order valence-corrected chi connectivity index (χ1v) is 1.15. The Balaban J connectivity index is 0. The summed E-state index contributed by atoms with van der Waals surface area (Å²) in [6, 6.07) is 0. The molecule has 1 N–H and O–H groups in total. The smallest absolute Gasteiger partial charge is 0.371 e.